The lowest BCUT2D eigenvalue weighted by atomic mass is 10.1. The highest BCUT2D eigenvalue weighted by Gasteiger charge is 2.10. The van der Waals surface area contributed by atoms with E-state index in [1.165, 1.54) is 0 Å². The van der Waals surface area contributed by atoms with E-state index < -0.39 is 0 Å². The smallest absolute Gasteiger partial charge is 0.233 e. The second-order valence-electron chi connectivity index (χ2n) is 6.54. The van der Waals surface area contributed by atoms with Gasteiger partial charge in [0.25, 0.3) is 0 Å². The van der Waals surface area contributed by atoms with E-state index in [2.05, 4.69) is 30.9 Å². The quantitative estimate of drug-likeness (QED) is 0.343. The van der Waals surface area contributed by atoms with Crippen LogP contribution in [0.1, 0.15) is 5.56 Å². The topological polar surface area (TPSA) is 95.0 Å². The fourth-order valence-corrected chi connectivity index (χ4v) is 2.95. The van der Waals surface area contributed by atoms with E-state index in [-0.39, 0.29) is 6.61 Å². The van der Waals surface area contributed by atoms with Crippen LogP contribution in [0.2, 0.25) is 0 Å². The fraction of sp³-hybridized carbons (Fsp3) is 0.0870. The van der Waals surface area contributed by atoms with Gasteiger partial charge in [0.15, 0.2) is 0 Å². The van der Waals surface area contributed by atoms with Gasteiger partial charge in [0.2, 0.25) is 17.8 Å². The Morgan fingerprint density at radius 3 is 1.57 bits per heavy atom. The van der Waals surface area contributed by atoms with E-state index in [0.29, 0.717) is 24.3 Å². The van der Waals surface area contributed by atoms with Crippen LogP contribution in [0.4, 0.5) is 34.9 Å². The molecule has 1 heterocycles. The molecule has 4 N–H and O–H groups in total. The van der Waals surface area contributed by atoms with Crippen LogP contribution in [0.25, 0.3) is 0 Å². The second-order valence-corrected chi connectivity index (χ2v) is 6.54. The van der Waals surface area contributed by atoms with Gasteiger partial charge < -0.3 is 21.1 Å². The number of aromatic nitrogens is 3. The Morgan fingerprint density at radius 2 is 1.03 bits per heavy atom. The third kappa shape index (κ3) is 5.09. The summed E-state index contributed by atoms with van der Waals surface area (Å²) >= 11 is 0. The number of aliphatic hydroxyl groups excluding tert-OH is 1. The van der Waals surface area contributed by atoms with E-state index in [9.17, 15) is 5.11 Å². The molecule has 3 aromatic carbocycles. The Kier molecular flexibility index (Phi) is 6.12. The summed E-state index contributed by atoms with van der Waals surface area (Å²) in [6.45, 7) is 0.0670. The molecule has 0 atom stereocenters. The van der Waals surface area contributed by atoms with Crippen LogP contribution in [0.3, 0.4) is 0 Å². The molecule has 7 heteroatoms. The molecule has 4 aromatic rings. The van der Waals surface area contributed by atoms with Crippen LogP contribution in [0.5, 0.6) is 0 Å². The van der Waals surface area contributed by atoms with Crippen molar-refractivity contribution in [2.24, 2.45) is 0 Å². The maximum Gasteiger partial charge on any atom is 0.233 e. The lowest BCUT2D eigenvalue weighted by Gasteiger charge is -2.13. The van der Waals surface area contributed by atoms with Crippen molar-refractivity contribution < 1.29 is 5.11 Å². The van der Waals surface area contributed by atoms with E-state index in [0.717, 1.165) is 22.6 Å². The maximum absolute atomic E-state index is 9.34. The summed E-state index contributed by atoms with van der Waals surface area (Å²) in [5.74, 6) is 1.22. The van der Waals surface area contributed by atoms with Crippen molar-refractivity contribution in [3.63, 3.8) is 0 Å². The van der Waals surface area contributed by atoms with Crippen LogP contribution in [0, 0.1) is 0 Å². The van der Waals surface area contributed by atoms with Crippen LogP contribution >= 0.6 is 0 Å². The average Bonchev–Trinajstić information content (AvgIpc) is 2.77. The first-order valence-electron chi connectivity index (χ1n) is 9.66. The van der Waals surface area contributed by atoms with Crippen LogP contribution in [-0.2, 0) is 6.42 Å². The molecule has 0 saturated carbocycles. The fourth-order valence-electron chi connectivity index (χ4n) is 2.95. The molecule has 30 heavy (non-hydrogen) atoms. The van der Waals surface area contributed by atoms with Crippen molar-refractivity contribution in [3.8, 4) is 0 Å². The summed E-state index contributed by atoms with van der Waals surface area (Å²) in [6, 6.07) is 27.2. The minimum Gasteiger partial charge on any atom is -0.396 e. The van der Waals surface area contributed by atoms with Crippen molar-refractivity contribution in [2.45, 2.75) is 6.42 Å². The highest BCUT2D eigenvalue weighted by molar-refractivity contribution is 5.63. The molecule has 0 aliphatic heterocycles. The molecule has 0 spiro atoms. The van der Waals surface area contributed by atoms with Crippen LogP contribution in [0.15, 0.2) is 84.9 Å². The number of hydrogen-bond donors (Lipinski definition) is 4. The van der Waals surface area contributed by atoms with Gasteiger partial charge >= 0.3 is 0 Å². The van der Waals surface area contributed by atoms with Crippen LogP contribution in [-0.4, -0.2) is 26.7 Å². The first-order valence-corrected chi connectivity index (χ1v) is 9.66. The highest BCUT2D eigenvalue weighted by atomic mass is 16.2. The molecule has 0 unspecified atom stereocenters. The molecule has 0 fully saturated rings. The van der Waals surface area contributed by atoms with E-state index >= 15 is 0 Å². The summed E-state index contributed by atoms with van der Waals surface area (Å²) in [6.07, 6.45) is 0.540. The van der Waals surface area contributed by atoms with E-state index in [1.807, 2.05) is 84.9 Å². The van der Waals surface area contributed by atoms with Gasteiger partial charge in [-0.2, -0.15) is 15.0 Å². The third-order valence-electron chi connectivity index (χ3n) is 4.34. The summed E-state index contributed by atoms with van der Waals surface area (Å²) < 4.78 is 0. The molecular formula is C23H22N6O. The van der Waals surface area contributed by atoms with Gasteiger partial charge in [0.1, 0.15) is 0 Å². The van der Waals surface area contributed by atoms with Crippen molar-refractivity contribution >= 4 is 34.9 Å². The lowest BCUT2D eigenvalue weighted by molar-refractivity contribution is 0.300. The number of nitrogens with one attached hydrogen (secondary N) is 3. The monoisotopic (exact) mass is 398 g/mol. The molecule has 0 radical (unpaired) electrons. The minimum absolute atomic E-state index is 0.0670. The Hall–Kier alpha value is -3.97. The zero-order valence-electron chi connectivity index (χ0n) is 16.3. The molecule has 4 rings (SSSR count). The number of benzene rings is 3. The van der Waals surface area contributed by atoms with Crippen LogP contribution < -0.4 is 16.0 Å². The molecular weight excluding hydrogens is 376 g/mol. The van der Waals surface area contributed by atoms with Gasteiger partial charge in [-0.15, -0.1) is 0 Å². The molecule has 150 valence electrons. The number of rotatable bonds is 8. The third-order valence-corrected chi connectivity index (χ3v) is 4.34. The van der Waals surface area contributed by atoms with Gasteiger partial charge in [-0.1, -0.05) is 54.6 Å². The van der Waals surface area contributed by atoms with Gasteiger partial charge in [-0.05, 0) is 42.3 Å². The Labute approximate surface area is 174 Å². The molecule has 0 bridgehead atoms. The normalized spacial score (nSPS) is 10.4. The Bertz CT molecular complexity index is 1030. The minimum atomic E-state index is 0.0670. The van der Waals surface area contributed by atoms with E-state index in [1.54, 1.807) is 0 Å². The standard InChI is InChI=1S/C23H22N6O/c30-16-15-17-9-7-8-14-20(17)26-23-28-21(24-18-10-3-1-4-11-18)27-22(29-23)25-19-12-5-2-6-13-19/h1-14,30H,15-16H2,(H3,24,25,26,27,28,29). The summed E-state index contributed by atoms with van der Waals surface area (Å²) in [5, 5.41) is 19.0. The van der Waals surface area contributed by atoms with Crippen molar-refractivity contribution in [3.05, 3.63) is 90.5 Å². The highest BCUT2D eigenvalue weighted by Crippen LogP contribution is 2.23. The van der Waals surface area contributed by atoms with Crippen molar-refractivity contribution in [2.75, 3.05) is 22.6 Å². The number of para-hydroxylation sites is 3. The molecule has 0 aliphatic rings. The number of hydrogen-bond acceptors (Lipinski definition) is 7. The second kappa shape index (κ2) is 9.49. The molecule has 0 amide bonds. The number of nitrogens with zero attached hydrogens (tertiary/aromatic N) is 3. The summed E-state index contributed by atoms with van der Waals surface area (Å²) in [7, 11) is 0. The van der Waals surface area contributed by atoms with Gasteiger partial charge in [0, 0.05) is 23.7 Å². The largest absolute Gasteiger partial charge is 0.396 e. The molecule has 0 saturated heterocycles. The SMILES string of the molecule is OCCc1ccccc1Nc1nc(Nc2ccccc2)nc(Nc2ccccc2)n1. The predicted octanol–water partition coefficient (Wildman–Crippen LogP) is 4.64. The van der Waals surface area contributed by atoms with Crippen molar-refractivity contribution in [1.82, 2.24) is 15.0 Å². The average molecular weight is 398 g/mol. The molecule has 7 nitrogen and oxygen atoms in total. The van der Waals surface area contributed by atoms with Gasteiger partial charge in [0.05, 0.1) is 0 Å². The lowest BCUT2D eigenvalue weighted by Crippen LogP contribution is -2.08. The number of aliphatic hydroxyl groups is 1. The first kappa shape index (κ1) is 19.4. The van der Waals surface area contributed by atoms with Crippen molar-refractivity contribution in [1.29, 1.82) is 0 Å². The predicted molar refractivity (Wildman–Crippen MR) is 120 cm³/mol. The summed E-state index contributed by atoms with van der Waals surface area (Å²) in [4.78, 5) is 13.5. The number of anilines is 6. The summed E-state index contributed by atoms with van der Waals surface area (Å²) in [5.41, 5.74) is 3.58. The zero-order chi connectivity index (χ0) is 20.6. The Balaban J connectivity index is 1.66. The van der Waals surface area contributed by atoms with Gasteiger partial charge in [-0.3, -0.25) is 0 Å². The first-order chi connectivity index (χ1) is 14.8. The zero-order valence-corrected chi connectivity index (χ0v) is 16.3. The van der Waals surface area contributed by atoms with E-state index in [4.69, 9.17) is 0 Å². The molecule has 1 aromatic heterocycles. The van der Waals surface area contributed by atoms with Gasteiger partial charge in [-0.25, -0.2) is 0 Å². The Morgan fingerprint density at radius 1 is 0.567 bits per heavy atom. The maximum atomic E-state index is 9.34. The molecule has 0 aliphatic carbocycles.